The summed E-state index contributed by atoms with van der Waals surface area (Å²) >= 11 is 6.98. The van der Waals surface area contributed by atoms with Gasteiger partial charge in [0.05, 0.1) is 17.0 Å². The molecule has 0 aliphatic heterocycles. The van der Waals surface area contributed by atoms with E-state index in [0.717, 1.165) is 20.9 Å². The van der Waals surface area contributed by atoms with Crippen LogP contribution in [0.25, 0.3) is 10.9 Å². The maximum atomic E-state index is 9.96. The van der Waals surface area contributed by atoms with Crippen LogP contribution in [0.2, 0.25) is 0 Å². The lowest BCUT2D eigenvalue weighted by Crippen LogP contribution is -2.01. The largest absolute Gasteiger partial charge is 0.508 e. The van der Waals surface area contributed by atoms with E-state index < -0.39 is 0 Å². The highest BCUT2D eigenvalue weighted by Gasteiger charge is 2.17. The molecule has 0 radical (unpaired) electrons. The topological polar surface area (TPSA) is 42.4 Å². The summed E-state index contributed by atoms with van der Waals surface area (Å²) in [5, 5.41) is 10.9. The standard InChI is InChI=1S/C12H11Br2NO2/c1-17-6-9(14)11-10(16)3-2-7-8(13)4-5-15-12(7)11/h2-5,9,16H,6H2,1H3. The number of nitrogens with zero attached hydrogens (tertiary/aromatic N) is 1. The zero-order valence-corrected chi connectivity index (χ0v) is 12.3. The van der Waals surface area contributed by atoms with Crippen LogP contribution in [0.15, 0.2) is 28.9 Å². The van der Waals surface area contributed by atoms with E-state index in [-0.39, 0.29) is 10.6 Å². The van der Waals surface area contributed by atoms with E-state index >= 15 is 0 Å². The SMILES string of the molecule is COCC(Br)c1c(O)ccc2c(Br)ccnc12. The Kier molecular flexibility index (Phi) is 4.01. The Bertz CT molecular complexity index is 545. The fourth-order valence-electron chi connectivity index (χ4n) is 1.73. The van der Waals surface area contributed by atoms with Crippen molar-refractivity contribution in [2.24, 2.45) is 0 Å². The van der Waals surface area contributed by atoms with Crippen LogP contribution in [0.4, 0.5) is 0 Å². The molecule has 1 atom stereocenters. The van der Waals surface area contributed by atoms with Crippen LogP contribution in [-0.2, 0) is 4.74 Å². The number of hydrogen-bond acceptors (Lipinski definition) is 3. The first-order chi connectivity index (χ1) is 8.15. The monoisotopic (exact) mass is 359 g/mol. The van der Waals surface area contributed by atoms with Gasteiger partial charge in [-0.25, -0.2) is 0 Å². The second-order valence-electron chi connectivity index (χ2n) is 3.61. The Hall–Kier alpha value is -0.650. The van der Waals surface area contributed by atoms with Crippen molar-refractivity contribution in [3.63, 3.8) is 0 Å². The van der Waals surface area contributed by atoms with E-state index in [1.54, 1.807) is 19.4 Å². The second-order valence-corrected chi connectivity index (χ2v) is 5.57. The molecule has 2 aromatic rings. The lowest BCUT2D eigenvalue weighted by Gasteiger charge is -2.14. The number of alkyl halides is 1. The third kappa shape index (κ3) is 2.46. The van der Waals surface area contributed by atoms with Crippen molar-refractivity contribution in [3.05, 3.63) is 34.4 Å². The summed E-state index contributed by atoms with van der Waals surface area (Å²) < 4.78 is 6.05. The molecule has 1 aromatic heterocycles. The van der Waals surface area contributed by atoms with Crippen LogP contribution < -0.4 is 0 Å². The van der Waals surface area contributed by atoms with Gasteiger partial charge in [-0.3, -0.25) is 4.98 Å². The van der Waals surface area contributed by atoms with Crippen LogP contribution >= 0.6 is 31.9 Å². The minimum atomic E-state index is -0.0852. The molecule has 0 amide bonds. The zero-order valence-electron chi connectivity index (χ0n) is 9.15. The number of aromatic nitrogens is 1. The summed E-state index contributed by atoms with van der Waals surface area (Å²) in [6.45, 7) is 0.473. The quantitative estimate of drug-likeness (QED) is 0.847. The third-order valence-corrected chi connectivity index (χ3v) is 3.92. The predicted molar refractivity (Wildman–Crippen MR) is 74.7 cm³/mol. The molecule has 1 heterocycles. The first-order valence-electron chi connectivity index (χ1n) is 5.04. The number of rotatable bonds is 3. The average molecular weight is 361 g/mol. The molecule has 0 aliphatic rings. The van der Waals surface area contributed by atoms with Gasteiger partial charge in [0.1, 0.15) is 5.75 Å². The summed E-state index contributed by atoms with van der Waals surface area (Å²) in [5.41, 5.74) is 1.53. The zero-order chi connectivity index (χ0) is 12.4. The van der Waals surface area contributed by atoms with Crippen molar-refractivity contribution in [1.29, 1.82) is 0 Å². The second kappa shape index (κ2) is 5.33. The molecule has 0 bridgehead atoms. The average Bonchev–Trinajstić information content (AvgIpc) is 2.29. The molecular weight excluding hydrogens is 350 g/mol. The van der Waals surface area contributed by atoms with Crippen LogP contribution in [0.5, 0.6) is 5.75 Å². The van der Waals surface area contributed by atoms with Crippen molar-refractivity contribution in [2.45, 2.75) is 4.83 Å². The Morgan fingerprint density at radius 1 is 1.41 bits per heavy atom. The molecule has 1 N–H and O–H groups in total. The molecule has 1 unspecified atom stereocenters. The van der Waals surface area contributed by atoms with Crippen LogP contribution in [0, 0.1) is 0 Å². The number of halogens is 2. The Morgan fingerprint density at radius 3 is 2.88 bits per heavy atom. The first kappa shape index (κ1) is 12.8. The highest BCUT2D eigenvalue weighted by Crippen LogP contribution is 2.37. The van der Waals surface area contributed by atoms with E-state index in [1.807, 2.05) is 12.1 Å². The minimum absolute atomic E-state index is 0.0852. The number of methoxy groups -OCH3 is 1. The molecule has 0 saturated heterocycles. The Balaban J connectivity index is 2.67. The van der Waals surface area contributed by atoms with Gasteiger partial charge < -0.3 is 9.84 Å². The highest BCUT2D eigenvalue weighted by atomic mass is 79.9. The van der Waals surface area contributed by atoms with Gasteiger partial charge in [-0.1, -0.05) is 31.9 Å². The summed E-state index contributed by atoms with van der Waals surface area (Å²) in [6.07, 6.45) is 1.71. The molecule has 5 heteroatoms. The van der Waals surface area contributed by atoms with Crippen LogP contribution in [-0.4, -0.2) is 23.8 Å². The maximum absolute atomic E-state index is 9.96. The summed E-state index contributed by atoms with van der Waals surface area (Å²) in [5.74, 6) is 0.224. The highest BCUT2D eigenvalue weighted by molar-refractivity contribution is 9.10. The van der Waals surface area contributed by atoms with Gasteiger partial charge in [0.2, 0.25) is 0 Å². The number of benzene rings is 1. The summed E-state index contributed by atoms with van der Waals surface area (Å²) in [6, 6.07) is 5.40. The van der Waals surface area contributed by atoms with Crippen molar-refractivity contribution in [1.82, 2.24) is 4.98 Å². The number of phenolic OH excluding ortho intramolecular Hbond substituents is 1. The van der Waals surface area contributed by atoms with E-state index in [4.69, 9.17) is 4.74 Å². The molecule has 0 spiro atoms. The lowest BCUT2D eigenvalue weighted by atomic mass is 10.1. The normalized spacial score (nSPS) is 12.9. The number of aromatic hydroxyl groups is 1. The van der Waals surface area contributed by atoms with E-state index in [2.05, 4.69) is 36.8 Å². The molecule has 0 fully saturated rings. The predicted octanol–water partition coefficient (Wildman–Crippen LogP) is 3.79. The number of ether oxygens (including phenoxy) is 1. The van der Waals surface area contributed by atoms with Crippen LogP contribution in [0.1, 0.15) is 10.4 Å². The van der Waals surface area contributed by atoms with Crippen molar-refractivity contribution < 1.29 is 9.84 Å². The molecule has 2 rings (SSSR count). The fraction of sp³-hybridized carbons (Fsp3) is 0.250. The van der Waals surface area contributed by atoms with E-state index in [9.17, 15) is 5.11 Å². The van der Waals surface area contributed by atoms with Gasteiger partial charge in [0.15, 0.2) is 0 Å². The molecule has 90 valence electrons. The lowest BCUT2D eigenvalue weighted by molar-refractivity contribution is 0.201. The van der Waals surface area contributed by atoms with Gasteiger partial charge in [-0.2, -0.15) is 0 Å². The first-order valence-corrected chi connectivity index (χ1v) is 6.75. The number of fused-ring (bicyclic) bond motifs is 1. The van der Waals surface area contributed by atoms with E-state index in [0.29, 0.717) is 6.61 Å². The molecule has 3 nitrogen and oxygen atoms in total. The maximum Gasteiger partial charge on any atom is 0.122 e. The molecule has 17 heavy (non-hydrogen) atoms. The summed E-state index contributed by atoms with van der Waals surface area (Å²) in [7, 11) is 1.62. The van der Waals surface area contributed by atoms with Crippen molar-refractivity contribution in [2.75, 3.05) is 13.7 Å². The van der Waals surface area contributed by atoms with Gasteiger partial charge in [0.25, 0.3) is 0 Å². The number of phenols is 1. The Morgan fingerprint density at radius 2 is 2.18 bits per heavy atom. The minimum Gasteiger partial charge on any atom is -0.508 e. The molecule has 1 aromatic carbocycles. The molecule has 0 saturated carbocycles. The number of hydrogen-bond donors (Lipinski definition) is 1. The van der Waals surface area contributed by atoms with Gasteiger partial charge in [-0.15, -0.1) is 0 Å². The van der Waals surface area contributed by atoms with E-state index in [1.165, 1.54) is 0 Å². The molecule has 0 aliphatic carbocycles. The summed E-state index contributed by atoms with van der Waals surface area (Å²) in [4.78, 5) is 4.25. The smallest absolute Gasteiger partial charge is 0.122 e. The number of pyridine rings is 1. The van der Waals surface area contributed by atoms with Gasteiger partial charge in [0, 0.05) is 28.7 Å². The van der Waals surface area contributed by atoms with Gasteiger partial charge in [-0.05, 0) is 18.2 Å². The molecular formula is C12H11Br2NO2. The van der Waals surface area contributed by atoms with Crippen LogP contribution in [0.3, 0.4) is 0 Å². The fourth-order valence-corrected chi connectivity index (χ4v) is 2.89. The van der Waals surface area contributed by atoms with Crippen molar-refractivity contribution in [3.8, 4) is 5.75 Å². The van der Waals surface area contributed by atoms with Gasteiger partial charge >= 0.3 is 0 Å². The Labute approximate surface area is 116 Å². The third-order valence-electron chi connectivity index (χ3n) is 2.50. The van der Waals surface area contributed by atoms with Crippen molar-refractivity contribution >= 4 is 42.8 Å².